The normalized spacial score (nSPS) is 19.1. The molecule has 0 bridgehead atoms. The van der Waals surface area contributed by atoms with E-state index in [0.717, 1.165) is 69.9 Å². The molecule has 3 fully saturated rings. The molecule has 2 N–H and O–H groups in total. The summed E-state index contributed by atoms with van der Waals surface area (Å²) in [5.41, 5.74) is 9.82. The van der Waals surface area contributed by atoms with Crippen LogP contribution < -0.4 is 5.73 Å². The van der Waals surface area contributed by atoms with Gasteiger partial charge in [-0.15, -0.1) is 11.8 Å². The number of benzene rings is 5. The van der Waals surface area contributed by atoms with Gasteiger partial charge in [0.15, 0.2) is 22.7 Å². The molecule has 3 saturated heterocycles. The second-order valence-corrected chi connectivity index (χ2v) is 22.0. The number of likely N-dealkylation sites (tertiary alicyclic amines) is 2. The Labute approximate surface area is 456 Å². The fourth-order valence-electron chi connectivity index (χ4n) is 10.0. The largest absolute Gasteiger partial charge is 0.448 e. The standard InChI is InChI=1S/C45H37N5O5S2.C15H24N2O3/c1-29-28-56-42-35(41(52)50(42)38(29)43(53)54-39(30-17-7-2-8-18-30)31-19-9-3-10-20-31)27-36(51)37(40-47-44(46)57-49-40)48-55-45(32-21-11-4-12-22-32,33-23-13-5-14-24-33)34-25-15-6-16-26-34;1-5-11-6-9-17(13(11)18)12-7-8-16(10-12)14(19)20-15(2,3)4/h2-26,35,39,42H,27-28H2,1H3,(H2,46,47,49);5,12H,6-10H2,1-4H3/b48-37+;11-5+/t35?,42-;12-/m11/s1. The van der Waals surface area contributed by atoms with Gasteiger partial charge in [-0.25, -0.2) is 9.59 Å². The summed E-state index contributed by atoms with van der Waals surface area (Å²) in [7, 11) is 0. The lowest BCUT2D eigenvalue weighted by molar-refractivity contribution is -0.157. The Morgan fingerprint density at radius 2 is 1.35 bits per heavy atom. The monoisotopic (exact) mass is 1070 g/mol. The van der Waals surface area contributed by atoms with Gasteiger partial charge in [0.2, 0.25) is 23.2 Å². The number of nitrogens with zero attached hydrogens (tertiary/aromatic N) is 6. The summed E-state index contributed by atoms with van der Waals surface area (Å²) in [6.45, 7) is 11.3. The predicted octanol–water partition coefficient (Wildman–Crippen LogP) is 10.1. The van der Waals surface area contributed by atoms with Crippen LogP contribution in [0.1, 0.15) is 93.6 Å². The van der Waals surface area contributed by atoms with Gasteiger partial charge in [0.1, 0.15) is 11.3 Å². The number of nitrogens with two attached hydrogens (primary N) is 1. The highest BCUT2D eigenvalue weighted by Gasteiger charge is 2.54. The fourth-order valence-corrected chi connectivity index (χ4v) is 11.8. The number of oxime groups is 1. The average molecular weight is 1070 g/mol. The molecule has 4 aliphatic rings. The van der Waals surface area contributed by atoms with E-state index in [9.17, 15) is 24.0 Å². The zero-order valence-corrected chi connectivity index (χ0v) is 45.2. The fraction of sp³-hybridized carbons (Fsp3) is 0.300. The van der Waals surface area contributed by atoms with Gasteiger partial charge < -0.3 is 29.8 Å². The number of amides is 3. The molecule has 396 valence electrons. The molecule has 1 aromatic heterocycles. The minimum Gasteiger partial charge on any atom is -0.448 e. The Bertz CT molecular complexity index is 3050. The van der Waals surface area contributed by atoms with Gasteiger partial charge in [-0.2, -0.15) is 9.36 Å². The number of ether oxygens (including phenoxy) is 2. The lowest BCUT2D eigenvalue weighted by Crippen LogP contribution is -2.62. The molecule has 3 atom stereocenters. The van der Waals surface area contributed by atoms with E-state index in [1.54, 1.807) is 4.90 Å². The zero-order valence-electron chi connectivity index (χ0n) is 43.6. The molecule has 1 unspecified atom stereocenters. The van der Waals surface area contributed by atoms with Gasteiger partial charge in [-0.1, -0.05) is 163 Å². The molecule has 0 radical (unpaired) electrons. The number of Topliss-reactive ketones (excluding diaryl/α,β-unsaturated/α-hetero) is 1. The van der Waals surface area contributed by atoms with Crippen LogP contribution in [0.4, 0.5) is 9.93 Å². The topological polar surface area (TPSA) is 187 Å². The van der Waals surface area contributed by atoms with Gasteiger partial charge in [-0.3, -0.25) is 19.3 Å². The first-order valence-electron chi connectivity index (χ1n) is 25.6. The van der Waals surface area contributed by atoms with E-state index in [0.29, 0.717) is 18.8 Å². The molecule has 77 heavy (non-hydrogen) atoms. The maximum Gasteiger partial charge on any atom is 0.410 e. The van der Waals surface area contributed by atoms with Crippen molar-refractivity contribution in [3.05, 3.63) is 208 Å². The number of anilines is 1. The van der Waals surface area contributed by atoms with Gasteiger partial charge in [0, 0.05) is 65.6 Å². The van der Waals surface area contributed by atoms with E-state index in [1.807, 2.05) is 197 Å². The molecule has 6 aromatic rings. The van der Waals surface area contributed by atoms with Crippen LogP contribution in [0.5, 0.6) is 0 Å². The SMILES string of the molecule is C/C=C1\CCN([C@@H]2CCN(C(=O)OC(C)(C)C)C2)C1=O.CC1=C(C(=O)OC(c2ccccc2)c2ccccc2)N2C(=O)C(CC(=O)/C(=N\OC(c3ccccc3)(c3ccccc3)c3ccccc3)c3nsc(N)n3)[C@H]2SC1. The molecule has 3 amide bonds. The van der Waals surface area contributed by atoms with Crippen molar-refractivity contribution in [1.29, 1.82) is 0 Å². The smallest absolute Gasteiger partial charge is 0.410 e. The Morgan fingerprint density at radius 1 is 0.805 bits per heavy atom. The summed E-state index contributed by atoms with van der Waals surface area (Å²) in [6.07, 6.45) is 2.36. The van der Waals surface area contributed by atoms with E-state index >= 15 is 0 Å². The van der Waals surface area contributed by atoms with Crippen molar-refractivity contribution in [2.45, 2.75) is 82.6 Å². The lowest BCUT2D eigenvalue weighted by Gasteiger charge is -2.49. The average Bonchev–Trinajstić information content (AvgIpc) is 4.24. The van der Waals surface area contributed by atoms with Crippen molar-refractivity contribution >= 4 is 63.8 Å². The van der Waals surface area contributed by atoms with Crippen LogP contribution >= 0.6 is 23.3 Å². The number of allylic oxidation sites excluding steroid dienone is 1. The summed E-state index contributed by atoms with van der Waals surface area (Å²) in [6, 6.07) is 48.0. The molecule has 10 rings (SSSR count). The molecule has 4 aliphatic heterocycles. The van der Waals surface area contributed by atoms with Crippen molar-refractivity contribution in [3.63, 3.8) is 0 Å². The van der Waals surface area contributed by atoms with Crippen molar-refractivity contribution < 1.29 is 38.3 Å². The molecule has 0 saturated carbocycles. The van der Waals surface area contributed by atoms with E-state index in [-0.39, 0.29) is 52.7 Å². The molecular formula is C60H61N7O8S2. The number of aromatic nitrogens is 2. The van der Waals surface area contributed by atoms with Crippen LogP contribution in [-0.4, -0.2) is 102 Å². The molecule has 17 heteroatoms. The third kappa shape index (κ3) is 11.8. The molecule has 0 aliphatic carbocycles. The number of thioether (sulfide) groups is 1. The number of nitrogen functional groups attached to an aromatic ring is 1. The first-order chi connectivity index (χ1) is 37.2. The lowest BCUT2D eigenvalue weighted by atomic mass is 9.80. The molecular weight excluding hydrogens is 1010 g/mol. The second-order valence-electron chi connectivity index (χ2n) is 20.1. The highest BCUT2D eigenvalue weighted by atomic mass is 32.2. The number of rotatable bonds is 14. The Hall–Kier alpha value is -7.89. The van der Waals surface area contributed by atoms with Gasteiger partial charge >= 0.3 is 12.1 Å². The number of fused-ring (bicyclic) bond motifs is 1. The van der Waals surface area contributed by atoms with E-state index in [2.05, 4.69) is 14.5 Å². The summed E-state index contributed by atoms with van der Waals surface area (Å²) >= 11 is 2.42. The number of hydrogen-bond donors (Lipinski definition) is 1. The van der Waals surface area contributed by atoms with Crippen molar-refractivity contribution in [2.75, 3.05) is 31.1 Å². The van der Waals surface area contributed by atoms with E-state index < -0.39 is 40.4 Å². The maximum absolute atomic E-state index is 14.4. The maximum atomic E-state index is 14.4. The number of β-lactam (4-membered cyclic amide) rings is 1. The van der Waals surface area contributed by atoms with E-state index in [4.69, 9.17) is 20.0 Å². The highest BCUT2D eigenvalue weighted by molar-refractivity contribution is 8.00. The first-order valence-corrected chi connectivity index (χ1v) is 27.4. The van der Waals surface area contributed by atoms with Crippen LogP contribution in [0.2, 0.25) is 0 Å². The Morgan fingerprint density at radius 3 is 1.84 bits per heavy atom. The summed E-state index contributed by atoms with van der Waals surface area (Å²) in [4.78, 5) is 82.7. The molecule has 5 aromatic carbocycles. The van der Waals surface area contributed by atoms with Crippen molar-refractivity contribution in [2.24, 2.45) is 11.1 Å². The minimum absolute atomic E-state index is 0.00150. The number of carbonyl (C=O) groups is 5. The Kier molecular flexibility index (Phi) is 16.5. The Balaban J connectivity index is 0.000000303. The van der Waals surface area contributed by atoms with Crippen molar-refractivity contribution in [1.82, 2.24) is 24.1 Å². The number of hydrogen-bond acceptors (Lipinski definition) is 14. The third-order valence-corrected chi connectivity index (χ3v) is 15.8. The van der Waals surface area contributed by atoms with Crippen LogP contribution in [0.25, 0.3) is 0 Å². The second kappa shape index (κ2) is 23.6. The third-order valence-electron chi connectivity index (χ3n) is 13.8. The van der Waals surface area contributed by atoms with Crippen molar-refractivity contribution in [3.8, 4) is 0 Å². The number of ketones is 1. The molecule has 5 heterocycles. The quantitative estimate of drug-likeness (QED) is 0.0272. The van der Waals surface area contributed by atoms with Crippen LogP contribution in [0.3, 0.4) is 0 Å². The van der Waals surface area contributed by atoms with Crippen LogP contribution in [0, 0.1) is 5.92 Å². The van der Waals surface area contributed by atoms with Gasteiger partial charge in [-0.05, 0) is 64.2 Å². The van der Waals surface area contributed by atoms with E-state index in [1.165, 1.54) is 16.7 Å². The number of carbonyl (C=O) groups excluding carboxylic acids is 5. The minimum atomic E-state index is -1.28. The zero-order chi connectivity index (χ0) is 54.3. The number of esters is 1. The highest BCUT2D eigenvalue weighted by Crippen LogP contribution is 2.46. The summed E-state index contributed by atoms with van der Waals surface area (Å²) in [5.74, 6) is -1.61. The first kappa shape index (κ1) is 53.9. The predicted molar refractivity (Wildman–Crippen MR) is 297 cm³/mol. The van der Waals surface area contributed by atoms with Crippen LogP contribution in [0.15, 0.2) is 180 Å². The molecule has 15 nitrogen and oxygen atoms in total. The van der Waals surface area contributed by atoms with Gasteiger partial charge in [0.25, 0.3) is 0 Å². The van der Waals surface area contributed by atoms with Crippen LogP contribution in [-0.2, 0) is 39.1 Å². The summed E-state index contributed by atoms with van der Waals surface area (Å²) in [5, 5.41) is 4.24. The van der Waals surface area contributed by atoms with Gasteiger partial charge in [0.05, 0.1) is 17.3 Å². The summed E-state index contributed by atoms with van der Waals surface area (Å²) < 4.78 is 15.9. The molecule has 0 spiro atoms.